The third kappa shape index (κ3) is 3.43. The normalized spacial score (nSPS) is 12.1. The first kappa shape index (κ1) is 14.5. The maximum Gasteiger partial charge on any atom is 0.231 e. The molecule has 2 aromatic rings. The molecule has 0 saturated carbocycles. The van der Waals surface area contributed by atoms with Gasteiger partial charge in [-0.05, 0) is 49.8 Å². The summed E-state index contributed by atoms with van der Waals surface area (Å²) in [6.45, 7) is 4.69. The highest BCUT2D eigenvalue weighted by molar-refractivity contribution is 7.80. The minimum absolute atomic E-state index is 0.274. The molecule has 1 aliphatic rings. The molecule has 1 aliphatic heterocycles. The van der Waals surface area contributed by atoms with Crippen molar-refractivity contribution in [1.82, 2.24) is 15.3 Å². The van der Waals surface area contributed by atoms with Crippen LogP contribution in [0.5, 0.6) is 11.5 Å². The molecule has 6 nitrogen and oxygen atoms in total. The summed E-state index contributed by atoms with van der Waals surface area (Å²) >= 11 is 5.26. The third-order valence-electron chi connectivity index (χ3n) is 3.10. The van der Waals surface area contributed by atoms with Gasteiger partial charge in [0, 0.05) is 17.9 Å². The monoisotopic (exact) mass is 316 g/mol. The second-order valence-electron chi connectivity index (χ2n) is 4.97. The first-order valence-corrected chi connectivity index (χ1v) is 7.26. The second-order valence-corrected chi connectivity index (χ2v) is 5.38. The Kier molecular flexibility index (Phi) is 4.06. The Morgan fingerprint density at radius 2 is 1.86 bits per heavy atom. The molecule has 2 heterocycles. The Labute approximate surface area is 133 Å². The molecule has 0 radical (unpaired) electrons. The first-order valence-electron chi connectivity index (χ1n) is 6.86. The number of nitrogens with zero attached hydrogens (tertiary/aromatic N) is 2. The van der Waals surface area contributed by atoms with E-state index in [2.05, 4.69) is 20.6 Å². The lowest BCUT2D eigenvalue weighted by Gasteiger charge is -2.10. The molecule has 0 unspecified atom stereocenters. The molecular weight excluding hydrogens is 300 g/mol. The molecule has 2 N–H and O–H groups in total. The van der Waals surface area contributed by atoms with Gasteiger partial charge in [0.1, 0.15) is 0 Å². The van der Waals surface area contributed by atoms with Gasteiger partial charge < -0.3 is 20.1 Å². The molecule has 0 amide bonds. The number of aromatic nitrogens is 2. The van der Waals surface area contributed by atoms with Crippen LogP contribution in [-0.2, 0) is 6.54 Å². The number of thiocarbonyl (C=S) groups is 1. The molecule has 114 valence electrons. The van der Waals surface area contributed by atoms with Gasteiger partial charge in [-0.1, -0.05) is 6.07 Å². The largest absolute Gasteiger partial charge is 0.454 e. The molecule has 3 rings (SSSR count). The lowest BCUT2D eigenvalue weighted by atomic mass is 10.2. The Balaban J connectivity index is 1.58. The standard InChI is InChI=1S/C15H16N4O2S/c1-9-5-10(2)18-14(17-9)19-15(22)16-7-11-3-4-12-13(6-11)21-8-20-12/h3-6H,7-8H2,1-2H3,(H2,16,17,18,19,22). The summed E-state index contributed by atoms with van der Waals surface area (Å²) in [6.07, 6.45) is 0. The molecular formula is C15H16N4O2S. The van der Waals surface area contributed by atoms with E-state index in [1.807, 2.05) is 38.1 Å². The number of benzene rings is 1. The average molecular weight is 316 g/mol. The number of ether oxygens (including phenoxy) is 2. The summed E-state index contributed by atoms with van der Waals surface area (Å²) < 4.78 is 10.6. The second kappa shape index (κ2) is 6.15. The fraction of sp³-hybridized carbons (Fsp3) is 0.267. The van der Waals surface area contributed by atoms with Crippen LogP contribution in [0.2, 0.25) is 0 Å². The lowest BCUT2D eigenvalue weighted by molar-refractivity contribution is 0.174. The number of hydrogen-bond donors (Lipinski definition) is 2. The highest BCUT2D eigenvalue weighted by Gasteiger charge is 2.13. The van der Waals surface area contributed by atoms with Crippen LogP contribution in [0.1, 0.15) is 17.0 Å². The smallest absolute Gasteiger partial charge is 0.231 e. The molecule has 22 heavy (non-hydrogen) atoms. The number of fused-ring (bicyclic) bond motifs is 1. The van der Waals surface area contributed by atoms with E-state index < -0.39 is 0 Å². The third-order valence-corrected chi connectivity index (χ3v) is 3.34. The molecule has 7 heteroatoms. The summed E-state index contributed by atoms with van der Waals surface area (Å²) in [6, 6.07) is 7.71. The Morgan fingerprint density at radius 3 is 2.64 bits per heavy atom. The van der Waals surface area contributed by atoms with Crippen LogP contribution >= 0.6 is 12.2 Å². The summed E-state index contributed by atoms with van der Waals surface area (Å²) in [4.78, 5) is 8.58. The quantitative estimate of drug-likeness (QED) is 0.842. The Morgan fingerprint density at radius 1 is 1.14 bits per heavy atom. The molecule has 1 aromatic carbocycles. The zero-order valence-electron chi connectivity index (χ0n) is 12.3. The van der Waals surface area contributed by atoms with Gasteiger partial charge in [0.2, 0.25) is 12.7 Å². The van der Waals surface area contributed by atoms with Crippen molar-refractivity contribution in [2.75, 3.05) is 12.1 Å². The predicted octanol–water partition coefficient (Wildman–Crippen LogP) is 2.31. The number of nitrogens with one attached hydrogen (secondary N) is 2. The molecule has 1 aromatic heterocycles. The summed E-state index contributed by atoms with van der Waals surface area (Å²) in [5.74, 6) is 2.03. The van der Waals surface area contributed by atoms with E-state index in [4.69, 9.17) is 21.7 Å². The molecule has 0 fully saturated rings. The average Bonchev–Trinajstić information content (AvgIpc) is 2.91. The summed E-state index contributed by atoms with van der Waals surface area (Å²) in [7, 11) is 0. The van der Waals surface area contributed by atoms with Gasteiger partial charge in [0.05, 0.1) is 0 Å². The van der Waals surface area contributed by atoms with E-state index in [9.17, 15) is 0 Å². The van der Waals surface area contributed by atoms with E-state index in [-0.39, 0.29) is 6.79 Å². The maximum atomic E-state index is 5.35. The molecule has 0 atom stereocenters. The molecule has 0 spiro atoms. The van der Waals surface area contributed by atoms with Gasteiger partial charge in [-0.3, -0.25) is 0 Å². The van der Waals surface area contributed by atoms with Crippen molar-refractivity contribution >= 4 is 23.3 Å². The van der Waals surface area contributed by atoms with Gasteiger partial charge in [0.15, 0.2) is 16.6 Å². The van der Waals surface area contributed by atoms with E-state index in [1.54, 1.807) is 0 Å². The lowest BCUT2D eigenvalue weighted by Crippen LogP contribution is -2.28. The topological polar surface area (TPSA) is 68.3 Å². The zero-order chi connectivity index (χ0) is 15.5. The van der Waals surface area contributed by atoms with Crippen LogP contribution in [0.15, 0.2) is 24.3 Å². The SMILES string of the molecule is Cc1cc(C)nc(NC(=S)NCc2ccc3c(c2)OCO3)n1. The van der Waals surface area contributed by atoms with Crippen molar-refractivity contribution in [3.63, 3.8) is 0 Å². The highest BCUT2D eigenvalue weighted by atomic mass is 32.1. The zero-order valence-corrected chi connectivity index (χ0v) is 13.2. The Bertz CT molecular complexity index is 700. The van der Waals surface area contributed by atoms with Crippen LogP contribution in [-0.4, -0.2) is 21.9 Å². The van der Waals surface area contributed by atoms with Crippen molar-refractivity contribution in [3.05, 3.63) is 41.2 Å². The van der Waals surface area contributed by atoms with E-state index in [0.717, 1.165) is 28.5 Å². The van der Waals surface area contributed by atoms with Crippen LogP contribution in [0.3, 0.4) is 0 Å². The van der Waals surface area contributed by atoms with Crippen molar-refractivity contribution < 1.29 is 9.47 Å². The first-order chi connectivity index (χ1) is 10.6. The van der Waals surface area contributed by atoms with Gasteiger partial charge in [0.25, 0.3) is 0 Å². The predicted molar refractivity (Wildman–Crippen MR) is 87.1 cm³/mol. The highest BCUT2D eigenvalue weighted by Crippen LogP contribution is 2.32. The number of hydrogen-bond acceptors (Lipinski definition) is 5. The van der Waals surface area contributed by atoms with Gasteiger partial charge in [-0.25, -0.2) is 9.97 Å². The van der Waals surface area contributed by atoms with Crippen LogP contribution in [0.4, 0.5) is 5.95 Å². The summed E-state index contributed by atoms with van der Waals surface area (Å²) in [5.41, 5.74) is 2.84. The van der Waals surface area contributed by atoms with Crippen molar-refractivity contribution in [3.8, 4) is 11.5 Å². The fourth-order valence-corrected chi connectivity index (χ4v) is 2.32. The Hall–Kier alpha value is -2.41. The number of anilines is 1. The maximum absolute atomic E-state index is 5.35. The molecule has 0 aliphatic carbocycles. The van der Waals surface area contributed by atoms with Crippen molar-refractivity contribution in [2.45, 2.75) is 20.4 Å². The van der Waals surface area contributed by atoms with Crippen molar-refractivity contribution in [2.24, 2.45) is 0 Å². The minimum Gasteiger partial charge on any atom is -0.454 e. The number of rotatable bonds is 3. The number of aryl methyl sites for hydroxylation is 2. The molecule has 0 saturated heterocycles. The van der Waals surface area contributed by atoms with Crippen LogP contribution in [0.25, 0.3) is 0 Å². The van der Waals surface area contributed by atoms with Crippen LogP contribution in [0, 0.1) is 13.8 Å². The van der Waals surface area contributed by atoms with Crippen LogP contribution < -0.4 is 20.1 Å². The van der Waals surface area contributed by atoms with E-state index in [0.29, 0.717) is 17.6 Å². The fourth-order valence-electron chi connectivity index (χ4n) is 2.16. The van der Waals surface area contributed by atoms with E-state index >= 15 is 0 Å². The minimum atomic E-state index is 0.274. The van der Waals surface area contributed by atoms with Crippen molar-refractivity contribution in [1.29, 1.82) is 0 Å². The van der Waals surface area contributed by atoms with Gasteiger partial charge in [-0.2, -0.15) is 0 Å². The summed E-state index contributed by atoms with van der Waals surface area (Å²) in [5, 5.41) is 6.58. The molecule has 0 bridgehead atoms. The van der Waals surface area contributed by atoms with Gasteiger partial charge in [-0.15, -0.1) is 0 Å². The van der Waals surface area contributed by atoms with E-state index in [1.165, 1.54) is 0 Å². The van der Waals surface area contributed by atoms with Gasteiger partial charge >= 0.3 is 0 Å².